The Morgan fingerprint density at radius 1 is 1.08 bits per heavy atom. The van der Waals surface area contributed by atoms with E-state index in [4.69, 9.17) is 11.6 Å². The van der Waals surface area contributed by atoms with Gasteiger partial charge in [-0.25, -0.2) is 0 Å². The Labute approximate surface area is 80.4 Å². The maximum atomic E-state index is 5.77. The zero-order valence-corrected chi connectivity index (χ0v) is 8.45. The third kappa shape index (κ3) is 4.13. The van der Waals surface area contributed by atoms with Crippen molar-refractivity contribution in [1.82, 2.24) is 4.90 Å². The van der Waals surface area contributed by atoms with E-state index < -0.39 is 0 Å². The summed E-state index contributed by atoms with van der Waals surface area (Å²) in [6.45, 7) is 7.00. The summed E-state index contributed by atoms with van der Waals surface area (Å²) < 4.78 is 0. The molecule has 1 heterocycles. The molecule has 0 unspecified atom stereocenters. The summed E-state index contributed by atoms with van der Waals surface area (Å²) >= 11 is 5.77. The molecule has 0 radical (unpaired) electrons. The van der Waals surface area contributed by atoms with Gasteiger partial charge < -0.3 is 0 Å². The van der Waals surface area contributed by atoms with Gasteiger partial charge in [-0.15, -0.1) is 0 Å². The molecule has 0 N–H and O–H groups in total. The Balaban J connectivity index is 2.24. The molecular formula is C10H18ClN. The van der Waals surface area contributed by atoms with Crippen LogP contribution in [0.5, 0.6) is 0 Å². The Morgan fingerprint density at radius 3 is 2.08 bits per heavy atom. The van der Waals surface area contributed by atoms with Gasteiger partial charge in [0.25, 0.3) is 0 Å². The molecule has 0 bridgehead atoms. The standard InChI is InChI=1S/C10H18ClN/c1-10(11)9-12-7-5-3-2-4-6-8-12/h1-9H2. The maximum absolute atomic E-state index is 5.77. The highest BCUT2D eigenvalue weighted by molar-refractivity contribution is 6.29. The largest absolute Gasteiger partial charge is 0.298 e. The van der Waals surface area contributed by atoms with Crippen LogP contribution in [0.2, 0.25) is 0 Å². The molecule has 0 aliphatic carbocycles. The van der Waals surface area contributed by atoms with E-state index in [9.17, 15) is 0 Å². The monoisotopic (exact) mass is 187 g/mol. The zero-order valence-electron chi connectivity index (χ0n) is 7.69. The molecule has 1 aliphatic heterocycles. The molecule has 0 aromatic heterocycles. The van der Waals surface area contributed by atoms with Gasteiger partial charge in [0.15, 0.2) is 0 Å². The first-order valence-electron chi connectivity index (χ1n) is 4.84. The van der Waals surface area contributed by atoms with Crippen LogP contribution in [0.3, 0.4) is 0 Å². The second-order valence-corrected chi connectivity index (χ2v) is 4.10. The highest BCUT2D eigenvalue weighted by atomic mass is 35.5. The average molecular weight is 188 g/mol. The fourth-order valence-electron chi connectivity index (χ4n) is 1.71. The molecule has 0 aromatic rings. The normalized spacial score (nSPS) is 21.4. The van der Waals surface area contributed by atoms with E-state index in [1.807, 2.05) is 0 Å². The van der Waals surface area contributed by atoms with Gasteiger partial charge in [0, 0.05) is 11.6 Å². The molecule has 12 heavy (non-hydrogen) atoms. The SMILES string of the molecule is C=C(Cl)CN1CCCCCCC1. The highest BCUT2D eigenvalue weighted by Gasteiger charge is 2.07. The maximum Gasteiger partial charge on any atom is 0.0335 e. The minimum Gasteiger partial charge on any atom is -0.298 e. The number of nitrogens with zero attached hydrogens (tertiary/aromatic N) is 1. The van der Waals surface area contributed by atoms with E-state index in [0.717, 1.165) is 11.6 Å². The molecule has 0 aromatic carbocycles. The molecule has 1 saturated heterocycles. The lowest BCUT2D eigenvalue weighted by molar-refractivity contribution is 0.270. The third-order valence-electron chi connectivity index (χ3n) is 2.34. The summed E-state index contributed by atoms with van der Waals surface area (Å²) in [5.74, 6) is 0. The van der Waals surface area contributed by atoms with Crippen molar-refractivity contribution in [2.75, 3.05) is 19.6 Å². The molecule has 0 atom stereocenters. The van der Waals surface area contributed by atoms with Crippen LogP contribution < -0.4 is 0 Å². The van der Waals surface area contributed by atoms with Gasteiger partial charge in [-0.05, 0) is 25.9 Å². The van der Waals surface area contributed by atoms with E-state index >= 15 is 0 Å². The first-order valence-corrected chi connectivity index (χ1v) is 5.22. The van der Waals surface area contributed by atoms with Crippen molar-refractivity contribution in [1.29, 1.82) is 0 Å². The number of halogens is 1. The molecule has 0 saturated carbocycles. The predicted octanol–water partition coefficient (Wildman–Crippen LogP) is 3.01. The van der Waals surface area contributed by atoms with Crippen LogP contribution in [0.15, 0.2) is 11.6 Å². The Hall–Kier alpha value is -0.0100. The summed E-state index contributed by atoms with van der Waals surface area (Å²) in [5.41, 5.74) is 0. The Morgan fingerprint density at radius 2 is 1.58 bits per heavy atom. The fourth-order valence-corrected chi connectivity index (χ4v) is 1.88. The van der Waals surface area contributed by atoms with Crippen LogP contribution >= 0.6 is 11.6 Å². The molecule has 0 spiro atoms. The van der Waals surface area contributed by atoms with Gasteiger partial charge in [0.1, 0.15) is 0 Å². The van der Waals surface area contributed by atoms with Crippen LogP contribution in [0.1, 0.15) is 32.1 Å². The van der Waals surface area contributed by atoms with E-state index in [1.165, 1.54) is 45.2 Å². The van der Waals surface area contributed by atoms with Crippen LogP contribution in [0.4, 0.5) is 0 Å². The Kier molecular flexibility index (Phi) is 4.70. The quantitative estimate of drug-likeness (QED) is 0.643. The summed E-state index contributed by atoms with van der Waals surface area (Å²) in [6.07, 6.45) is 6.82. The third-order valence-corrected chi connectivity index (χ3v) is 2.46. The van der Waals surface area contributed by atoms with Gasteiger partial charge in [-0.1, -0.05) is 37.4 Å². The molecule has 1 fully saturated rings. The molecule has 70 valence electrons. The summed E-state index contributed by atoms with van der Waals surface area (Å²) in [7, 11) is 0. The van der Waals surface area contributed by atoms with E-state index in [0.29, 0.717) is 0 Å². The number of likely N-dealkylation sites (tertiary alicyclic amines) is 1. The summed E-state index contributed by atoms with van der Waals surface area (Å²) in [6, 6.07) is 0. The van der Waals surface area contributed by atoms with Crippen molar-refractivity contribution in [3.05, 3.63) is 11.6 Å². The highest BCUT2D eigenvalue weighted by Crippen LogP contribution is 2.12. The molecule has 1 aliphatic rings. The second-order valence-electron chi connectivity index (χ2n) is 3.56. The first-order chi connectivity index (χ1) is 5.79. The number of hydrogen-bond acceptors (Lipinski definition) is 1. The van der Waals surface area contributed by atoms with Gasteiger partial charge in [-0.3, -0.25) is 4.90 Å². The lowest BCUT2D eigenvalue weighted by Crippen LogP contribution is -2.28. The lowest BCUT2D eigenvalue weighted by Gasteiger charge is -2.23. The zero-order chi connectivity index (χ0) is 8.81. The van der Waals surface area contributed by atoms with Gasteiger partial charge >= 0.3 is 0 Å². The van der Waals surface area contributed by atoms with Crippen molar-refractivity contribution in [2.45, 2.75) is 32.1 Å². The number of hydrogen-bond donors (Lipinski definition) is 0. The summed E-state index contributed by atoms with van der Waals surface area (Å²) in [5, 5.41) is 0.774. The smallest absolute Gasteiger partial charge is 0.0335 e. The van der Waals surface area contributed by atoms with Crippen molar-refractivity contribution >= 4 is 11.6 Å². The van der Waals surface area contributed by atoms with Crippen LogP contribution in [-0.4, -0.2) is 24.5 Å². The Bertz CT molecular complexity index is 137. The number of rotatable bonds is 2. The van der Waals surface area contributed by atoms with Gasteiger partial charge in [0.05, 0.1) is 0 Å². The topological polar surface area (TPSA) is 3.24 Å². The lowest BCUT2D eigenvalue weighted by atomic mass is 10.1. The minimum atomic E-state index is 0.774. The molecular weight excluding hydrogens is 170 g/mol. The predicted molar refractivity (Wildman–Crippen MR) is 54.5 cm³/mol. The van der Waals surface area contributed by atoms with Crippen LogP contribution in [0, 0.1) is 0 Å². The van der Waals surface area contributed by atoms with Crippen molar-refractivity contribution in [3.8, 4) is 0 Å². The first kappa shape index (κ1) is 10.1. The van der Waals surface area contributed by atoms with Gasteiger partial charge in [0.2, 0.25) is 0 Å². The van der Waals surface area contributed by atoms with Gasteiger partial charge in [-0.2, -0.15) is 0 Å². The van der Waals surface area contributed by atoms with E-state index in [2.05, 4.69) is 11.5 Å². The average Bonchev–Trinajstić information content (AvgIpc) is 1.93. The van der Waals surface area contributed by atoms with Crippen LogP contribution in [-0.2, 0) is 0 Å². The molecule has 1 nitrogen and oxygen atoms in total. The molecule has 2 heteroatoms. The van der Waals surface area contributed by atoms with E-state index in [-0.39, 0.29) is 0 Å². The van der Waals surface area contributed by atoms with Crippen molar-refractivity contribution < 1.29 is 0 Å². The van der Waals surface area contributed by atoms with Crippen molar-refractivity contribution in [2.24, 2.45) is 0 Å². The fraction of sp³-hybridized carbons (Fsp3) is 0.800. The molecule has 0 amide bonds. The minimum absolute atomic E-state index is 0.774. The molecule has 1 rings (SSSR count). The second kappa shape index (κ2) is 5.60. The summed E-state index contributed by atoms with van der Waals surface area (Å²) in [4.78, 5) is 2.41. The van der Waals surface area contributed by atoms with Crippen molar-refractivity contribution in [3.63, 3.8) is 0 Å². The van der Waals surface area contributed by atoms with Crippen LogP contribution in [0.25, 0.3) is 0 Å². The van der Waals surface area contributed by atoms with E-state index in [1.54, 1.807) is 0 Å².